The molecule has 1 aliphatic carbocycles. The SMILES string of the molecule is Cc1nc2nc3c(c(Nc4ccc(C)c(F)c4)n2n1)CCC3. The van der Waals surface area contributed by atoms with Gasteiger partial charge in [-0.2, -0.15) is 9.50 Å². The van der Waals surface area contributed by atoms with E-state index in [1.165, 1.54) is 6.07 Å². The molecule has 3 aromatic rings. The zero-order valence-electron chi connectivity index (χ0n) is 12.5. The Labute approximate surface area is 127 Å². The average Bonchev–Trinajstić information content (AvgIpc) is 3.08. The van der Waals surface area contributed by atoms with Gasteiger partial charge in [-0.15, -0.1) is 5.10 Å². The number of aryl methyl sites for hydroxylation is 3. The van der Waals surface area contributed by atoms with Crippen molar-refractivity contribution in [3.63, 3.8) is 0 Å². The van der Waals surface area contributed by atoms with Crippen LogP contribution >= 0.6 is 0 Å². The molecule has 0 bridgehead atoms. The van der Waals surface area contributed by atoms with E-state index < -0.39 is 0 Å². The minimum Gasteiger partial charge on any atom is -0.340 e. The van der Waals surface area contributed by atoms with E-state index in [-0.39, 0.29) is 5.82 Å². The van der Waals surface area contributed by atoms with Crippen molar-refractivity contribution in [1.29, 1.82) is 0 Å². The highest BCUT2D eigenvalue weighted by atomic mass is 19.1. The largest absolute Gasteiger partial charge is 0.340 e. The van der Waals surface area contributed by atoms with Gasteiger partial charge in [0.2, 0.25) is 0 Å². The molecule has 0 radical (unpaired) electrons. The second-order valence-electron chi connectivity index (χ2n) is 5.70. The number of anilines is 2. The fourth-order valence-corrected chi connectivity index (χ4v) is 2.92. The van der Waals surface area contributed by atoms with Gasteiger partial charge < -0.3 is 5.32 Å². The van der Waals surface area contributed by atoms with Gasteiger partial charge >= 0.3 is 0 Å². The van der Waals surface area contributed by atoms with Crippen molar-refractivity contribution < 1.29 is 4.39 Å². The Bertz CT molecular complexity index is 884. The van der Waals surface area contributed by atoms with Crippen LogP contribution < -0.4 is 5.32 Å². The highest BCUT2D eigenvalue weighted by Gasteiger charge is 2.21. The summed E-state index contributed by atoms with van der Waals surface area (Å²) in [5.41, 5.74) is 3.55. The van der Waals surface area contributed by atoms with Crippen LogP contribution in [-0.2, 0) is 12.8 Å². The van der Waals surface area contributed by atoms with E-state index in [9.17, 15) is 4.39 Å². The summed E-state index contributed by atoms with van der Waals surface area (Å²) in [5.74, 6) is 1.89. The summed E-state index contributed by atoms with van der Waals surface area (Å²) in [6.07, 6.45) is 2.98. The van der Waals surface area contributed by atoms with Crippen molar-refractivity contribution in [2.24, 2.45) is 0 Å². The predicted octanol–water partition coefficient (Wildman–Crippen LogP) is 3.11. The van der Waals surface area contributed by atoms with Gasteiger partial charge in [0.1, 0.15) is 17.5 Å². The molecule has 5 nitrogen and oxygen atoms in total. The first kappa shape index (κ1) is 13.2. The van der Waals surface area contributed by atoms with E-state index in [2.05, 4.69) is 20.4 Å². The van der Waals surface area contributed by atoms with Crippen LogP contribution in [0, 0.1) is 19.7 Å². The number of rotatable bonds is 2. The monoisotopic (exact) mass is 297 g/mol. The lowest BCUT2D eigenvalue weighted by Crippen LogP contribution is -2.07. The normalized spacial score (nSPS) is 13.6. The number of halogens is 1. The second-order valence-corrected chi connectivity index (χ2v) is 5.70. The molecular weight excluding hydrogens is 281 g/mol. The summed E-state index contributed by atoms with van der Waals surface area (Å²) < 4.78 is 15.5. The molecule has 0 unspecified atom stereocenters. The fourth-order valence-electron chi connectivity index (χ4n) is 2.92. The Morgan fingerprint density at radius 2 is 2.05 bits per heavy atom. The van der Waals surface area contributed by atoms with Gasteiger partial charge in [0.15, 0.2) is 0 Å². The number of hydrogen-bond acceptors (Lipinski definition) is 4. The van der Waals surface area contributed by atoms with E-state index >= 15 is 0 Å². The molecule has 22 heavy (non-hydrogen) atoms. The summed E-state index contributed by atoms with van der Waals surface area (Å²) in [6, 6.07) is 5.14. The summed E-state index contributed by atoms with van der Waals surface area (Å²) in [5, 5.41) is 7.72. The summed E-state index contributed by atoms with van der Waals surface area (Å²) in [7, 11) is 0. The molecule has 4 rings (SSSR count). The van der Waals surface area contributed by atoms with Gasteiger partial charge in [0.25, 0.3) is 5.78 Å². The smallest absolute Gasteiger partial charge is 0.254 e. The van der Waals surface area contributed by atoms with Gasteiger partial charge in [-0.05, 0) is 50.8 Å². The van der Waals surface area contributed by atoms with Gasteiger partial charge in [-0.1, -0.05) is 6.07 Å². The van der Waals surface area contributed by atoms with Crippen LogP contribution in [0.4, 0.5) is 15.9 Å². The number of nitrogens with zero attached hydrogens (tertiary/aromatic N) is 4. The minimum atomic E-state index is -0.221. The molecule has 0 aliphatic heterocycles. The molecule has 0 fully saturated rings. The van der Waals surface area contributed by atoms with Crippen LogP contribution in [0.1, 0.15) is 29.1 Å². The summed E-state index contributed by atoms with van der Waals surface area (Å²) in [4.78, 5) is 8.94. The number of benzene rings is 1. The van der Waals surface area contributed by atoms with E-state index in [0.29, 0.717) is 22.9 Å². The van der Waals surface area contributed by atoms with Crippen LogP contribution in [0.2, 0.25) is 0 Å². The van der Waals surface area contributed by atoms with Crippen LogP contribution in [0.3, 0.4) is 0 Å². The first-order valence-electron chi connectivity index (χ1n) is 7.40. The molecule has 1 aliphatic rings. The third-order valence-electron chi connectivity index (χ3n) is 4.05. The maximum atomic E-state index is 13.8. The highest BCUT2D eigenvalue weighted by molar-refractivity contribution is 5.64. The van der Waals surface area contributed by atoms with Crippen molar-refractivity contribution in [2.75, 3.05) is 5.32 Å². The molecule has 0 saturated heterocycles. The standard InChI is InChI=1S/C16H16FN5/c1-9-6-7-11(8-13(9)17)19-15-12-4-3-5-14(12)20-16-18-10(2)21-22(15)16/h6-8,19H,3-5H2,1-2H3. The first-order chi connectivity index (χ1) is 10.6. The fraction of sp³-hybridized carbons (Fsp3) is 0.312. The van der Waals surface area contributed by atoms with Crippen LogP contribution in [-0.4, -0.2) is 19.6 Å². The Morgan fingerprint density at radius 3 is 2.86 bits per heavy atom. The molecule has 0 saturated carbocycles. The molecule has 1 N–H and O–H groups in total. The van der Waals surface area contributed by atoms with Crippen molar-refractivity contribution in [2.45, 2.75) is 33.1 Å². The minimum absolute atomic E-state index is 0.221. The maximum Gasteiger partial charge on any atom is 0.254 e. The number of fused-ring (bicyclic) bond motifs is 2. The number of aromatic nitrogens is 4. The van der Waals surface area contributed by atoms with Gasteiger partial charge in [0.05, 0.1) is 5.69 Å². The van der Waals surface area contributed by atoms with Gasteiger partial charge in [0, 0.05) is 11.3 Å². The average molecular weight is 297 g/mol. The van der Waals surface area contributed by atoms with Crippen molar-refractivity contribution >= 4 is 17.3 Å². The van der Waals surface area contributed by atoms with E-state index in [0.717, 1.165) is 36.3 Å². The first-order valence-corrected chi connectivity index (χ1v) is 7.40. The van der Waals surface area contributed by atoms with Gasteiger partial charge in [-0.3, -0.25) is 0 Å². The van der Waals surface area contributed by atoms with Crippen LogP contribution in [0.15, 0.2) is 18.2 Å². The number of hydrogen-bond donors (Lipinski definition) is 1. The maximum absolute atomic E-state index is 13.8. The quantitative estimate of drug-likeness (QED) is 0.789. The molecule has 0 spiro atoms. The molecular formula is C16H16FN5. The van der Waals surface area contributed by atoms with E-state index in [1.54, 1.807) is 17.5 Å². The Balaban J connectivity index is 1.87. The molecule has 0 atom stereocenters. The molecule has 112 valence electrons. The third kappa shape index (κ3) is 2.03. The van der Waals surface area contributed by atoms with Crippen molar-refractivity contribution in [3.8, 4) is 0 Å². The van der Waals surface area contributed by atoms with Crippen molar-refractivity contribution in [1.82, 2.24) is 19.6 Å². The lowest BCUT2D eigenvalue weighted by Gasteiger charge is -2.13. The molecule has 2 heterocycles. The lowest BCUT2D eigenvalue weighted by molar-refractivity contribution is 0.619. The van der Waals surface area contributed by atoms with Crippen LogP contribution in [0.5, 0.6) is 0 Å². The topological polar surface area (TPSA) is 55.1 Å². The lowest BCUT2D eigenvalue weighted by atomic mass is 10.2. The van der Waals surface area contributed by atoms with Crippen LogP contribution in [0.25, 0.3) is 5.78 Å². The predicted molar refractivity (Wildman–Crippen MR) is 82.0 cm³/mol. The zero-order valence-corrected chi connectivity index (χ0v) is 12.5. The second kappa shape index (κ2) is 4.76. The van der Waals surface area contributed by atoms with Gasteiger partial charge in [-0.25, -0.2) is 9.37 Å². The molecule has 6 heteroatoms. The zero-order chi connectivity index (χ0) is 15.3. The number of nitrogens with one attached hydrogen (secondary N) is 1. The van der Waals surface area contributed by atoms with E-state index in [4.69, 9.17) is 0 Å². The Hall–Kier alpha value is -2.50. The highest BCUT2D eigenvalue weighted by Crippen LogP contribution is 2.30. The molecule has 2 aromatic heterocycles. The Morgan fingerprint density at radius 1 is 1.18 bits per heavy atom. The van der Waals surface area contributed by atoms with E-state index in [1.807, 2.05) is 13.0 Å². The molecule has 1 aromatic carbocycles. The van der Waals surface area contributed by atoms with Crippen molar-refractivity contribution in [3.05, 3.63) is 46.7 Å². The summed E-state index contributed by atoms with van der Waals surface area (Å²) in [6.45, 7) is 3.59. The third-order valence-corrected chi connectivity index (χ3v) is 4.05. The Kier molecular flexibility index (Phi) is 2.85. The summed E-state index contributed by atoms with van der Waals surface area (Å²) >= 11 is 0. The molecule has 0 amide bonds.